The van der Waals surface area contributed by atoms with Gasteiger partial charge >= 0.3 is 0 Å². The van der Waals surface area contributed by atoms with Crippen LogP contribution in [0.5, 0.6) is 0 Å². The second-order valence-electron chi connectivity index (χ2n) is 6.92. The third-order valence-corrected chi connectivity index (χ3v) is 5.60. The first-order chi connectivity index (χ1) is 8.24. The van der Waals surface area contributed by atoms with E-state index in [4.69, 9.17) is 0 Å². The molecule has 4 rings (SSSR count). The van der Waals surface area contributed by atoms with E-state index in [1.807, 2.05) is 0 Å². The predicted octanol–water partition coefficient (Wildman–Crippen LogP) is 2.31. The number of rotatable bonds is 4. The first kappa shape index (κ1) is 12.0. The normalized spacial score (nSPS) is 41.1. The van der Waals surface area contributed by atoms with Gasteiger partial charge in [0.05, 0.1) is 0 Å². The Morgan fingerprint density at radius 2 is 1.47 bits per heavy atom. The standard InChI is InChI=1S/C15H28N2/c1-16(2)8-3-9-17-10-14-12-4-5-13(7-6-12)15(14)11-17/h12-15H,3-11H2,1-2H3/t12?,13?,14-,15+. The molecule has 1 saturated heterocycles. The van der Waals surface area contributed by atoms with Gasteiger partial charge in [-0.15, -0.1) is 0 Å². The van der Waals surface area contributed by atoms with Crippen molar-refractivity contribution >= 4 is 0 Å². The highest BCUT2D eigenvalue weighted by atomic mass is 15.2. The van der Waals surface area contributed by atoms with Crippen molar-refractivity contribution in [2.45, 2.75) is 32.1 Å². The minimum atomic E-state index is 1.09. The molecule has 1 aliphatic heterocycles. The number of nitrogens with zero attached hydrogens (tertiary/aromatic N) is 2. The van der Waals surface area contributed by atoms with Crippen LogP contribution in [0, 0.1) is 23.7 Å². The van der Waals surface area contributed by atoms with Gasteiger partial charge < -0.3 is 9.80 Å². The molecule has 98 valence electrons. The second-order valence-corrected chi connectivity index (χ2v) is 6.92. The molecule has 4 fully saturated rings. The smallest absolute Gasteiger partial charge is 0.00157 e. The summed E-state index contributed by atoms with van der Waals surface area (Å²) in [5.74, 6) is 4.37. The summed E-state index contributed by atoms with van der Waals surface area (Å²) in [4.78, 5) is 5.09. The van der Waals surface area contributed by atoms with E-state index >= 15 is 0 Å². The monoisotopic (exact) mass is 236 g/mol. The van der Waals surface area contributed by atoms with Crippen molar-refractivity contribution in [3.05, 3.63) is 0 Å². The quantitative estimate of drug-likeness (QED) is 0.739. The van der Waals surface area contributed by atoms with Gasteiger partial charge in [-0.25, -0.2) is 0 Å². The van der Waals surface area contributed by atoms with Gasteiger partial charge in [-0.1, -0.05) is 0 Å². The van der Waals surface area contributed by atoms with Crippen molar-refractivity contribution in [2.75, 3.05) is 40.3 Å². The molecule has 0 radical (unpaired) electrons. The van der Waals surface area contributed by atoms with Gasteiger partial charge in [0.1, 0.15) is 0 Å². The number of fused-ring (bicyclic) bond motifs is 2. The fraction of sp³-hybridized carbons (Fsp3) is 1.00. The van der Waals surface area contributed by atoms with Crippen LogP contribution < -0.4 is 0 Å². The van der Waals surface area contributed by atoms with E-state index in [1.54, 1.807) is 25.7 Å². The minimum Gasteiger partial charge on any atom is -0.309 e. The van der Waals surface area contributed by atoms with E-state index in [9.17, 15) is 0 Å². The number of hydrogen-bond acceptors (Lipinski definition) is 2. The highest BCUT2D eigenvalue weighted by molar-refractivity contribution is 4.98. The summed E-state index contributed by atoms with van der Waals surface area (Å²) in [6.07, 6.45) is 7.56. The van der Waals surface area contributed by atoms with Crippen LogP contribution in [-0.2, 0) is 0 Å². The highest BCUT2D eigenvalue weighted by Crippen LogP contribution is 2.51. The molecule has 2 atom stereocenters. The average Bonchev–Trinajstić information content (AvgIpc) is 2.75. The maximum atomic E-state index is 2.77. The van der Waals surface area contributed by atoms with Gasteiger partial charge in [-0.05, 0) is 83.0 Å². The molecule has 3 saturated carbocycles. The lowest BCUT2D eigenvalue weighted by atomic mass is 9.60. The van der Waals surface area contributed by atoms with Crippen LogP contribution in [0.1, 0.15) is 32.1 Å². The fourth-order valence-electron chi connectivity index (χ4n) is 4.73. The lowest BCUT2D eigenvalue weighted by molar-refractivity contribution is 0.0577. The van der Waals surface area contributed by atoms with Gasteiger partial charge in [0.15, 0.2) is 0 Å². The maximum Gasteiger partial charge on any atom is 0.00157 e. The van der Waals surface area contributed by atoms with Gasteiger partial charge in [-0.3, -0.25) is 0 Å². The Morgan fingerprint density at radius 3 is 1.94 bits per heavy atom. The summed E-state index contributed by atoms with van der Waals surface area (Å²) < 4.78 is 0. The molecule has 0 amide bonds. The molecule has 2 bridgehead atoms. The number of hydrogen-bond donors (Lipinski definition) is 0. The molecule has 0 aromatic carbocycles. The fourth-order valence-corrected chi connectivity index (χ4v) is 4.73. The maximum absolute atomic E-state index is 2.77. The minimum absolute atomic E-state index is 1.09. The molecule has 0 aromatic rings. The van der Waals surface area contributed by atoms with E-state index in [-0.39, 0.29) is 0 Å². The molecule has 4 aliphatic rings. The Hall–Kier alpha value is -0.0800. The Morgan fingerprint density at radius 1 is 0.941 bits per heavy atom. The molecule has 2 heteroatoms. The Kier molecular flexibility index (Phi) is 3.45. The Bertz CT molecular complexity index is 236. The van der Waals surface area contributed by atoms with Crippen molar-refractivity contribution in [3.63, 3.8) is 0 Å². The molecule has 1 heterocycles. The van der Waals surface area contributed by atoms with E-state index in [1.165, 1.54) is 32.6 Å². The van der Waals surface area contributed by atoms with Crippen LogP contribution in [0.3, 0.4) is 0 Å². The summed E-state index contributed by atoms with van der Waals surface area (Å²) in [5, 5.41) is 0. The molecule has 0 spiro atoms. The zero-order valence-electron chi connectivity index (χ0n) is 11.6. The molecule has 3 aliphatic carbocycles. The summed E-state index contributed by atoms with van der Waals surface area (Å²) in [6, 6.07) is 0. The van der Waals surface area contributed by atoms with Gasteiger partial charge in [0.2, 0.25) is 0 Å². The third kappa shape index (κ3) is 2.39. The molecule has 2 nitrogen and oxygen atoms in total. The van der Waals surface area contributed by atoms with E-state index < -0.39 is 0 Å². The largest absolute Gasteiger partial charge is 0.309 e. The van der Waals surface area contributed by atoms with Crippen LogP contribution >= 0.6 is 0 Å². The van der Waals surface area contributed by atoms with E-state index in [0.717, 1.165) is 23.7 Å². The lowest BCUT2D eigenvalue weighted by Crippen LogP contribution is -2.38. The predicted molar refractivity (Wildman–Crippen MR) is 72.0 cm³/mol. The molecule has 17 heavy (non-hydrogen) atoms. The summed E-state index contributed by atoms with van der Waals surface area (Å²) in [7, 11) is 4.37. The first-order valence-corrected chi connectivity index (χ1v) is 7.61. The van der Waals surface area contributed by atoms with Crippen LogP contribution in [0.2, 0.25) is 0 Å². The van der Waals surface area contributed by atoms with Gasteiger partial charge in [-0.2, -0.15) is 0 Å². The van der Waals surface area contributed by atoms with Crippen molar-refractivity contribution in [1.82, 2.24) is 9.80 Å². The highest BCUT2D eigenvalue weighted by Gasteiger charge is 2.47. The van der Waals surface area contributed by atoms with Crippen LogP contribution in [0.25, 0.3) is 0 Å². The van der Waals surface area contributed by atoms with Gasteiger partial charge in [0, 0.05) is 13.1 Å². The number of likely N-dealkylation sites (tertiary alicyclic amines) is 1. The van der Waals surface area contributed by atoms with Gasteiger partial charge in [0.25, 0.3) is 0 Å². The van der Waals surface area contributed by atoms with E-state index in [0.29, 0.717) is 0 Å². The Labute approximate surface area is 106 Å². The Balaban J connectivity index is 1.51. The summed E-state index contributed by atoms with van der Waals surface area (Å²) >= 11 is 0. The summed E-state index contributed by atoms with van der Waals surface area (Å²) in [6.45, 7) is 5.45. The lowest BCUT2D eigenvalue weighted by Gasteiger charge is -2.45. The van der Waals surface area contributed by atoms with E-state index in [2.05, 4.69) is 23.9 Å². The third-order valence-electron chi connectivity index (χ3n) is 5.60. The zero-order valence-corrected chi connectivity index (χ0v) is 11.6. The van der Waals surface area contributed by atoms with Crippen LogP contribution in [-0.4, -0.2) is 50.1 Å². The molecule has 0 N–H and O–H groups in total. The van der Waals surface area contributed by atoms with Crippen molar-refractivity contribution in [1.29, 1.82) is 0 Å². The zero-order chi connectivity index (χ0) is 11.8. The molecular formula is C15H28N2. The molecule has 0 aromatic heterocycles. The molecular weight excluding hydrogens is 208 g/mol. The molecule has 0 unspecified atom stereocenters. The average molecular weight is 236 g/mol. The van der Waals surface area contributed by atoms with Crippen molar-refractivity contribution < 1.29 is 0 Å². The van der Waals surface area contributed by atoms with Crippen molar-refractivity contribution in [2.24, 2.45) is 23.7 Å². The second kappa shape index (κ2) is 4.89. The topological polar surface area (TPSA) is 6.48 Å². The van der Waals surface area contributed by atoms with Crippen LogP contribution in [0.4, 0.5) is 0 Å². The SMILES string of the molecule is CN(C)CCCN1C[C@@H]2C3CCC(CC3)[C@@H]2C1. The summed E-state index contributed by atoms with van der Waals surface area (Å²) in [5.41, 5.74) is 0. The van der Waals surface area contributed by atoms with Crippen LogP contribution in [0.15, 0.2) is 0 Å². The first-order valence-electron chi connectivity index (χ1n) is 7.61. The van der Waals surface area contributed by atoms with Crippen molar-refractivity contribution in [3.8, 4) is 0 Å².